The monoisotopic (exact) mass is 263 g/mol. The quantitative estimate of drug-likeness (QED) is 0.767. The van der Waals surface area contributed by atoms with Gasteiger partial charge in [0.25, 0.3) is 0 Å². The van der Waals surface area contributed by atoms with Crippen LogP contribution in [0.4, 0.5) is 0 Å². The summed E-state index contributed by atoms with van der Waals surface area (Å²) in [5, 5.41) is 3.55. The van der Waals surface area contributed by atoms with Crippen LogP contribution < -0.4 is 10.1 Å². The van der Waals surface area contributed by atoms with Crippen LogP contribution in [0.15, 0.2) is 24.3 Å². The summed E-state index contributed by atoms with van der Waals surface area (Å²) in [7, 11) is 1.69. The molecule has 0 bridgehead atoms. The van der Waals surface area contributed by atoms with Crippen molar-refractivity contribution in [2.75, 3.05) is 26.9 Å². The van der Waals surface area contributed by atoms with Gasteiger partial charge in [-0.15, -0.1) is 0 Å². The Morgan fingerprint density at radius 3 is 2.68 bits per heavy atom. The van der Waals surface area contributed by atoms with E-state index in [0.29, 0.717) is 6.04 Å². The molecule has 1 aliphatic rings. The molecule has 1 aliphatic heterocycles. The summed E-state index contributed by atoms with van der Waals surface area (Å²) in [4.78, 5) is 0. The summed E-state index contributed by atoms with van der Waals surface area (Å²) in [5.74, 6) is 0.910. The molecule has 1 aromatic rings. The number of benzene rings is 1. The van der Waals surface area contributed by atoms with Crippen LogP contribution in [0.5, 0.6) is 5.75 Å². The smallest absolute Gasteiger partial charge is 0.118 e. The Labute approximate surface area is 116 Å². The van der Waals surface area contributed by atoms with E-state index >= 15 is 0 Å². The molecule has 0 amide bonds. The number of nitrogens with one attached hydrogen (secondary N) is 1. The van der Waals surface area contributed by atoms with Gasteiger partial charge in [-0.3, -0.25) is 0 Å². The van der Waals surface area contributed by atoms with Gasteiger partial charge in [0.1, 0.15) is 5.75 Å². The fourth-order valence-corrected chi connectivity index (χ4v) is 2.48. The molecule has 1 atom stereocenters. The Kier molecular flexibility index (Phi) is 6.18. The van der Waals surface area contributed by atoms with Crippen LogP contribution in [0, 0.1) is 0 Å². The minimum Gasteiger partial charge on any atom is -0.497 e. The second kappa shape index (κ2) is 8.18. The number of rotatable bonds is 7. The van der Waals surface area contributed by atoms with E-state index in [-0.39, 0.29) is 0 Å². The van der Waals surface area contributed by atoms with Crippen molar-refractivity contribution in [1.29, 1.82) is 0 Å². The first-order chi connectivity index (χ1) is 9.38. The predicted molar refractivity (Wildman–Crippen MR) is 77.8 cm³/mol. The van der Waals surface area contributed by atoms with Gasteiger partial charge in [0.15, 0.2) is 0 Å². The molecule has 0 aliphatic carbocycles. The molecule has 1 unspecified atom stereocenters. The first kappa shape index (κ1) is 14.4. The number of ether oxygens (including phenoxy) is 2. The number of piperidine rings is 1. The zero-order chi connectivity index (χ0) is 13.3. The predicted octanol–water partition coefficient (Wildman–Crippen LogP) is 2.79. The van der Waals surface area contributed by atoms with Gasteiger partial charge in [0, 0.05) is 12.6 Å². The Morgan fingerprint density at radius 2 is 2.00 bits per heavy atom. The first-order valence-electron chi connectivity index (χ1n) is 7.32. The zero-order valence-corrected chi connectivity index (χ0v) is 11.9. The molecule has 3 heteroatoms. The van der Waals surface area contributed by atoms with Gasteiger partial charge >= 0.3 is 0 Å². The summed E-state index contributed by atoms with van der Waals surface area (Å²) in [6.45, 7) is 2.85. The van der Waals surface area contributed by atoms with E-state index in [1.165, 1.54) is 31.4 Å². The van der Waals surface area contributed by atoms with Crippen LogP contribution in [-0.2, 0) is 11.2 Å². The minimum atomic E-state index is 0.676. The van der Waals surface area contributed by atoms with Crippen LogP contribution in [0.25, 0.3) is 0 Å². The van der Waals surface area contributed by atoms with E-state index in [2.05, 4.69) is 17.4 Å². The Balaban J connectivity index is 1.55. The number of methoxy groups -OCH3 is 1. The lowest BCUT2D eigenvalue weighted by Gasteiger charge is -2.23. The lowest BCUT2D eigenvalue weighted by Crippen LogP contribution is -2.34. The van der Waals surface area contributed by atoms with Crippen molar-refractivity contribution in [3.63, 3.8) is 0 Å². The number of hydrogen-bond donors (Lipinski definition) is 1. The second-order valence-electron chi connectivity index (χ2n) is 5.15. The highest BCUT2D eigenvalue weighted by Gasteiger charge is 2.11. The average Bonchev–Trinajstić information content (AvgIpc) is 2.49. The first-order valence-corrected chi connectivity index (χ1v) is 7.32. The summed E-state index contributed by atoms with van der Waals surface area (Å²) in [6, 6.07) is 8.88. The van der Waals surface area contributed by atoms with Gasteiger partial charge in [0.05, 0.1) is 13.7 Å². The Morgan fingerprint density at radius 1 is 1.16 bits per heavy atom. The van der Waals surface area contributed by atoms with Crippen molar-refractivity contribution in [2.45, 2.75) is 38.1 Å². The van der Waals surface area contributed by atoms with Crippen molar-refractivity contribution in [1.82, 2.24) is 5.32 Å². The SMILES string of the molecule is COc1ccc(CCOCCC2CCCCN2)cc1. The molecule has 2 rings (SSSR count). The molecule has 0 aromatic heterocycles. The van der Waals surface area contributed by atoms with E-state index in [1.54, 1.807) is 7.11 Å². The van der Waals surface area contributed by atoms with Gasteiger partial charge in [-0.1, -0.05) is 18.6 Å². The van der Waals surface area contributed by atoms with Crippen molar-refractivity contribution in [2.24, 2.45) is 0 Å². The Hall–Kier alpha value is -1.06. The highest BCUT2D eigenvalue weighted by molar-refractivity contribution is 5.27. The molecule has 1 aromatic carbocycles. The van der Waals surface area contributed by atoms with E-state index in [1.807, 2.05) is 12.1 Å². The summed E-state index contributed by atoms with van der Waals surface area (Å²) >= 11 is 0. The van der Waals surface area contributed by atoms with Crippen LogP contribution in [-0.4, -0.2) is 32.9 Å². The molecule has 1 N–H and O–H groups in total. The van der Waals surface area contributed by atoms with Crippen molar-refractivity contribution in [3.8, 4) is 5.75 Å². The van der Waals surface area contributed by atoms with Crippen molar-refractivity contribution >= 4 is 0 Å². The van der Waals surface area contributed by atoms with E-state index < -0.39 is 0 Å². The second-order valence-corrected chi connectivity index (χ2v) is 5.15. The molecular formula is C16H25NO2. The van der Waals surface area contributed by atoms with Crippen LogP contribution in [0.3, 0.4) is 0 Å². The third-order valence-corrected chi connectivity index (χ3v) is 3.72. The van der Waals surface area contributed by atoms with E-state index in [4.69, 9.17) is 9.47 Å². The topological polar surface area (TPSA) is 30.5 Å². The molecule has 1 heterocycles. The van der Waals surface area contributed by atoms with Gasteiger partial charge < -0.3 is 14.8 Å². The van der Waals surface area contributed by atoms with Crippen LogP contribution in [0.1, 0.15) is 31.2 Å². The molecule has 19 heavy (non-hydrogen) atoms. The highest BCUT2D eigenvalue weighted by Crippen LogP contribution is 2.12. The fourth-order valence-electron chi connectivity index (χ4n) is 2.48. The maximum Gasteiger partial charge on any atom is 0.118 e. The molecule has 0 radical (unpaired) electrons. The van der Waals surface area contributed by atoms with Gasteiger partial charge in [-0.25, -0.2) is 0 Å². The van der Waals surface area contributed by atoms with Crippen molar-refractivity contribution < 1.29 is 9.47 Å². The van der Waals surface area contributed by atoms with Crippen LogP contribution >= 0.6 is 0 Å². The molecule has 3 nitrogen and oxygen atoms in total. The Bertz CT molecular complexity index is 344. The molecule has 1 fully saturated rings. The number of hydrogen-bond acceptors (Lipinski definition) is 3. The summed E-state index contributed by atoms with van der Waals surface area (Å²) < 4.78 is 10.9. The molecule has 106 valence electrons. The molecule has 0 saturated carbocycles. The van der Waals surface area contributed by atoms with E-state index in [9.17, 15) is 0 Å². The lowest BCUT2D eigenvalue weighted by molar-refractivity contribution is 0.123. The van der Waals surface area contributed by atoms with E-state index in [0.717, 1.165) is 31.8 Å². The molecular weight excluding hydrogens is 238 g/mol. The highest BCUT2D eigenvalue weighted by atomic mass is 16.5. The fraction of sp³-hybridized carbons (Fsp3) is 0.625. The maximum absolute atomic E-state index is 5.73. The summed E-state index contributed by atoms with van der Waals surface area (Å²) in [5.41, 5.74) is 1.30. The largest absolute Gasteiger partial charge is 0.497 e. The third-order valence-electron chi connectivity index (χ3n) is 3.72. The normalized spacial score (nSPS) is 19.3. The molecule has 1 saturated heterocycles. The molecule has 0 spiro atoms. The summed E-state index contributed by atoms with van der Waals surface area (Å²) in [6.07, 6.45) is 6.12. The lowest BCUT2D eigenvalue weighted by atomic mass is 10.0. The zero-order valence-electron chi connectivity index (χ0n) is 11.9. The maximum atomic E-state index is 5.73. The van der Waals surface area contributed by atoms with Crippen molar-refractivity contribution in [3.05, 3.63) is 29.8 Å². The third kappa shape index (κ3) is 5.21. The average molecular weight is 263 g/mol. The van der Waals surface area contributed by atoms with Gasteiger partial charge in [0.2, 0.25) is 0 Å². The minimum absolute atomic E-state index is 0.676. The van der Waals surface area contributed by atoms with Crippen LogP contribution in [0.2, 0.25) is 0 Å². The standard InChI is InChI=1S/C16H25NO2/c1-18-16-7-5-14(6-8-16)9-12-19-13-10-15-4-2-3-11-17-15/h5-8,15,17H,2-4,9-13H2,1H3. The van der Waals surface area contributed by atoms with Gasteiger partial charge in [-0.05, 0) is 49.9 Å². The van der Waals surface area contributed by atoms with Gasteiger partial charge in [-0.2, -0.15) is 0 Å².